The lowest BCUT2D eigenvalue weighted by atomic mass is 10.1. The topological polar surface area (TPSA) is 52.5 Å². The molecule has 29 heavy (non-hydrogen) atoms. The van der Waals surface area contributed by atoms with Gasteiger partial charge in [-0.1, -0.05) is 42.5 Å². The van der Waals surface area contributed by atoms with Crippen LogP contribution in [0.3, 0.4) is 0 Å². The van der Waals surface area contributed by atoms with Gasteiger partial charge in [-0.15, -0.1) is 0 Å². The number of alkyl halides is 1. The molecule has 0 atom stereocenters. The van der Waals surface area contributed by atoms with Gasteiger partial charge in [-0.25, -0.2) is 9.37 Å². The lowest BCUT2D eigenvalue weighted by molar-refractivity contribution is 0.273. The summed E-state index contributed by atoms with van der Waals surface area (Å²) in [5, 5.41) is 0. The molecule has 0 saturated carbocycles. The maximum atomic E-state index is 12.4. The third-order valence-corrected chi connectivity index (χ3v) is 4.63. The third kappa shape index (κ3) is 4.29. The number of anilines is 1. The molecular weight excluding hydrogens is 365 g/mol. The van der Waals surface area contributed by atoms with Crippen LogP contribution in [0.2, 0.25) is 0 Å². The molecule has 2 N–H and O–H groups in total. The Bertz CT molecular complexity index is 1160. The molecule has 2 aromatic heterocycles. The van der Waals surface area contributed by atoms with Gasteiger partial charge >= 0.3 is 0 Å². The number of pyridine rings is 1. The van der Waals surface area contributed by atoms with E-state index in [-0.39, 0.29) is 6.61 Å². The fraction of sp³-hybridized carbons (Fsp3) is 0.125. The van der Waals surface area contributed by atoms with Crippen molar-refractivity contribution in [3.8, 4) is 17.0 Å². The smallest absolute Gasteiger partial charge is 0.137 e. The molecule has 0 fully saturated rings. The Balaban J connectivity index is 1.55. The average Bonchev–Trinajstić information content (AvgIpc) is 3.15. The van der Waals surface area contributed by atoms with Crippen molar-refractivity contribution in [1.82, 2.24) is 9.38 Å². The van der Waals surface area contributed by atoms with Crippen molar-refractivity contribution in [3.05, 3.63) is 83.7 Å². The van der Waals surface area contributed by atoms with E-state index in [2.05, 4.69) is 36.3 Å². The minimum atomic E-state index is -0.540. The Morgan fingerprint density at radius 1 is 1.03 bits per heavy atom. The molecule has 146 valence electrons. The second-order valence-electron chi connectivity index (χ2n) is 6.89. The monoisotopic (exact) mass is 387 g/mol. The molecule has 0 saturated heterocycles. The number of benzene rings is 2. The minimum Gasteiger partial charge on any atom is -0.490 e. The lowest BCUT2D eigenvalue weighted by Gasteiger charge is -2.08. The molecule has 0 radical (unpaired) electrons. The van der Waals surface area contributed by atoms with Crippen LogP contribution in [0.5, 0.6) is 5.75 Å². The number of aryl methyl sites for hydroxylation is 1. The summed E-state index contributed by atoms with van der Waals surface area (Å²) in [5.41, 5.74) is 12.4. The van der Waals surface area contributed by atoms with E-state index >= 15 is 0 Å². The van der Waals surface area contributed by atoms with E-state index in [1.54, 1.807) is 12.1 Å². The van der Waals surface area contributed by atoms with Gasteiger partial charge in [-0.05, 0) is 36.2 Å². The number of rotatable bonds is 6. The summed E-state index contributed by atoms with van der Waals surface area (Å²) < 4.78 is 19.9. The largest absolute Gasteiger partial charge is 0.490 e. The highest BCUT2D eigenvalue weighted by Gasteiger charge is 2.05. The fourth-order valence-electron chi connectivity index (χ4n) is 3.16. The standard InChI is InChI=1S/C24H22FN3O/c1-17-2-11-24-27-22(16-28(24)15-17)19-6-3-18(4-7-19)5-8-20-9-10-21(26)14-23(20)29-13-12-25/h2-11,14-16H,12-13,26H2,1H3. The molecule has 4 rings (SSSR count). The zero-order valence-corrected chi connectivity index (χ0v) is 16.2. The van der Waals surface area contributed by atoms with Crippen molar-refractivity contribution in [3.63, 3.8) is 0 Å². The van der Waals surface area contributed by atoms with Crippen molar-refractivity contribution in [2.75, 3.05) is 19.0 Å². The van der Waals surface area contributed by atoms with Gasteiger partial charge in [0, 0.05) is 35.3 Å². The number of hydrogen-bond acceptors (Lipinski definition) is 3. The molecule has 2 aromatic carbocycles. The number of halogens is 1. The summed E-state index contributed by atoms with van der Waals surface area (Å²) in [6, 6.07) is 17.6. The van der Waals surface area contributed by atoms with E-state index in [0.29, 0.717) is 11.4 Å². The van der Waals surface area contributed by atoms with E-state index in [1.165, 1.54) is 5.56 Å². The SMILES string of the molecule is Cc1ccc2nc(-c3ccc(C=Cc4ccc(N)cc4OCCF)cc3)cn2c1. The Morgan fingerprint density at radius 2 is 1.86 bits per heavy atom. The van der Waals surface area contributed by atoms with Crippen molar-refractivity contribution < 1.29 is 9.13 Å². The molecule has 2 heterocycles. The highest BCUT2D eigenvalue weighted by atomic mass is 19.1. The molecule has 0 unspecified atom stereocenters. The average molecular weight is 387 g/mol. The van der Waals surface area contributed by atoms with E-state index in [0.717, 1.165) is 28.0 Å². The zero-order valence-electron chi connectivity index (χ0n) is 16.2. The van der Waals surface area contributed by atoms with Crippen LogP contribution in [0, 0.1) is 6.92 Å². The maximum absolute atomic E-state index is 12.4. The van der Waals surface area contributed by atoms with Crippen molar-refractivity contribution in [2.24, 2.45) is 0 Å². The number of fused-ring (bicyclic) bond motifs is 1. The Morgan fingerprint density at radius 3 is 2.66 bits per heavy atom. The number of nitrogens with zero attached hydrogens (tertiary/aromatic N) is 2. The van der Waals surface area contributed by atoms with Crippen LogP contribution in [-0.2, 0) is 0 Å². The first kappa shape index (κ1) is 18.7. The van der Waals surface area contributed by atoms with Crippen LogP contribution < -0.4 is 10.5 Å². The highest BCUT2D eigenvalue weighted by molar-refractivity contribution is 5.75. The van der Waals surface area contributed by atoms with E-state index in [1.807, 2.05) is 47.0 Å². The number of aromatic nitrogens is 2. The van der Waals surface area contributed by atoms with Crippen molar-refractivity contribution in [1.29, 1.82) is 0 Å². The quantitative estimate of drug-likeness (QED) is 0.355. The summed E-state index contributed by atoms with van der Waals surface area (Å²) >= 11 is 0. The fourth-order valence-corrected chi connectivity index (χ4v) is 3.16. The van der Waals surface area contributed by atoms with Gasteiger partial charge in [-0.3, -0.25) is 0 Å². The summed E-state index contributed by atoms with van der Waals surface area (Å²) in [5.74, 6) is 0.579. The minimum absolute atomic E-state index is 0.0114. The van der Waals surface area contributed by atoms with Crippen LogP contribution in [0.1, 0.15) is 16.7 Å². The number of hydrogen-bond donors (Lipinski definition) is 1. The molecule has 5 heteroatoms. The van der Waals surface area contributed by atoms with Gasteiger partial charge in [0.2, 0.25) is 0 Å². The van der Waals surface area contributed by atoms with Crippen LogP contribution in [-0.4, -0.2) is 22.7 Å². The molecule has 0 amide bonds. The summed E-state index contributed by atoms with van der Waals surface area (Å²) in [7, 11) is 0. The van der Waals surface area contributed by atoms with Crippen LogP contribution in [0.25, 0.3) is 29.1 Å². The zero-order chi connectivity index (χ0) is 20.2. The molecule has 0 bridgehead atoms. The number of ether oxygens (including phenoxy) is 1. The van der Waals surface area contributed by atoms with Gasteiger partial charge in [0.05, 0.1) is 5.69 Å². The summed E-state index contributed by atoms with van der Waals surface area (Å²) in [6.45, 7) is 1.54. The van der Waals surface area contributed by atoms with Gasteiger partial charge in [0.25, 0.3) is 0 Å². The second-order valence-corrected chi connectivity index (χ2v) is 6.89. The van der Waals surface area contributed by atoms with Crippen molar-refractivity contribution >= 4 is 23.5 Å². The van der Waals surface area contributed by atoms with Crippen molar-refractivity contribution in [2.45, 2.75) is 6.92 Å². The lowest BCUT2D eigenvalue weighted by Crippen LogP contribution is -2.00. The highest BCUT2D eigenvalue weighted by Crippen LogP contribution is 2.25. The van der Waals surface area contributed by atoms with Crippen LogP contribution in [0.15, 0.2) is 67.0 Å². The predicted octanol–water partition coefficient (Wildman–Crippen LogP) is 5.41. The Labute approximate surface area is 169 Å². The number of nitrogen functional groups attached to an aromatic ring is 1. The first-order valence-electron chi connectivity index (χ1n) is 9.44. The molecular formula is C24H22FN3O. The third-order valence-electron chi connectivity index (χ3n) is 4.63. The first-order valence-corrected chi connectivity index (χ1v) is 9.44. The van der Waals surface area contributed by atoms with Gasteiger partial charge < -0.3 is 14.9 Å². The molecule has 4 nitrogen and oxygen atoms in total. The first-order chi connectivity index (χ1) is 14.1. The van der Waals surface area contributed by atoms with Crippen LogP contribution >= 0.6 is 0 Å². The van der Waals surface area contributed by atoms with Gasteiger partial charge in [0.15, 0.2) is 0 Å². The summed E-state index contributed by atoms with van der Waals surface area (Å²) in [6.07, 6.45) is 8.04. The summed E-state index contributed by atoms with van der Waals surface area (Å²) in [4.78, 5) is 4.68. The number of nitrogens with two attached hydrogens (primary N) is 1. The van der Waals surface area contributed by atoms with E-state index in [9.17, 15) is 4.39 Å². The normalized spacial score (nSPS) is 11.4. The van der Waals surface area contributed by atoms with Gasteiger partial charge in [0.1, 0.15) is 24.7 Å². The molecule has 0 spiro atoms. The number of imidazole rings is 1. The molecule has 0 aliphatic rings. The molecule has 4 aromatic rings. The van der Waals surface area contributed by atoms with E-state index in [4.69, 9.17) is 10.5 Å². The van der Waals surface area contributed by atoms with Crippen LogP contribution in [0.4, 0.5) is 10.1 Å². The Kier molecular flexibility index (Phi) is 5.29. The van der Waals surface area contributed by atoms with Gasteiger partial charge in [-0.2, -0.15) is 0 Å². The molecule has 0 aliphatic carbocycles. The molecule has 0 aliphatic heterocycles. The second kappa shape index (κ2) is 8.19. The Hall–Kier alpha value is -3.60. The van der Waals surface area contributed by atoms with E-state index < -0.39 is 6.67 Å². The predicted molar refractivity (Wildman–Crippen MR) is 117 cm³/mol. The maximum Gasteiger partial charge on any atom is 0.137 e.